The van der Waals surface area contributed by atoms with Crippen molar-refractivity contribution in [3.63, 3.8) is 0 Å². The van der Waals surface area contributed by atoms with Crippen molar-refractivity contribution >= 4 is 24.7 Å². The summed E-state index contributed by atoms with van der Waals surface area (Å²) >= 11 is 6.60. The van der Waals surface area contributed by atoms with E-state index in [0.717, 1.165) is 0 Å². The van der Waals surface area contributed by atoms with Crippen LogP contribution in [0.25, 0.3) is 0 Å². The highest BCUT2D eigenvalue weighted by Gasteiger charge is 2.45. The molecule has 0 amide bonds. The molecule has 0 saturated carbocycles. The summed E-state index contributed by atoms with van der Waals surface area (Å²) in [6.45, 7) is 11.7. The summed E-state index contributed by atoms with van der Waals surface area (Å²) < 4.78 is 5.98. The smallest absolute Gasteiger partial charge is 0.306 e. The minimum Gasteiger partial charge on any atom is -0.481 e. The first-order valence-corrected chi connectivity index (χ1v) is 8.69. The molecule has 0 aromatic carbocycles. The van der Waals surface area contributed by atoms with Crippen LogP contribution in [0.2, 0.25) is 11.1 Å². The van der Waals surface area contributed by atoms with Crippen molar-refractivity contribution in [2.45, 2.75) is 64.6 Å². The zero-order valence-electron chi connectivity index (χ0n) is 11.0. The summed E-state index contributed by atoms with van der Waals surface area (Å²) in [7, 11) is -2.40. The Morgan fingerprint density at radius 2 is 1.69 bits per heavy atom. The average Bonchev–Trinajstić information content (AvgIpc) is 1.99. The molecule has 3 nitrogen and oxygen atoms in total. The van der Waals surface area contributed by atoms with E-state index in [2.05, 4.69) is 0 Å². The lowest BCUT2D eigenvalue weighted by molar-refractivity contribution is -0.140. The molecule has 0 fully saturated rings. The molecule has 0 aliphatic rings. The van der Waals surface area contributed by atoms with Crippen LogP contribution in [0.5, 0.6) is 0 Å². The monoisotopic (exact) mass is 266 g/mol. The standard InChI is InChI=1S/C11H23ClO3Si/c1-8(2)16(12,9(3)4)15-11(5,6)7-10(13)14/h8-9H,7H2,1-6H3,(H,13,14). The van der Waals surface area contributed by atoms with Crippen LogP contribution in [-0.2, 0) is 9.22 Å². The molecular weight excluding hydrogens is 244 g/mol. The van der Waals surface area contributed by atoms with Gasteiger partial charge in [0.2, 0.25) is 0 Å². The highest BCUT2D eigenvalue weighted by molar-refractivity contribution is 7.18. The molecule has 5 heteroatoms. The minimum absolute atomic E-state index is 0.0199. The molecule has 96 valence electrons. The molecular formula is C11H23ClO3Si. The van der Waals surface area contributed by atoms with Crippen LogP contribution in [0.1, 0.15) is 48.0 Å². The molecule has 16 heavy (non-hydrogen) atoms. The van der Waals surface area contributed by atoms with E-state index in [4.69, 9.17) is 20.6 Å². The zero-order chi connectivity index (χ0) is 13.1. The van der Waals surface area contributed by atoms with Gasteiger partial charge in [0.25, 0.3) is 7.63 Å². The third-order valence-electron chi connectivity index (χ3n) is 2.58. The molecule has 0 unspecified atom stereocenters. The van der Waals surface area contributed by atoms with Crippen LogP contribution >= 0.6 is 11.1 Å². The summed E-state index contributed by atoms with van der Waals surface area (Å²) in [5, 5.41) is 8.82. The normalized spacial score (nSPS) is 13.6. The van der Waals surface area contributed by atoms with Crippen LogP contribution in [0.15, 0.2) is 0 Å². The Kier molecular flexibility index (Phi) is 5.49. The highest BCUT2D eigenvalue weighted by Crippen LogP contribution is 2.40. The first-order valence-electron chi connectivity index (χ1n) is 5.62. The fourth-order valence-electron chi connectivity index (χ4n) is 1.73. The number of rotatable bonds is 6. The summed E-state index contributed by atoms with van der Waals surface area (Å²) in [6.07, 6.45) is -0.0199. The molecule has 1 N–H and O–H groups in total. The van der Waals surface area contributed by atoms with Crippen LogP contribution in [0.3, 0.4) is 0 Å². The minimum atomic E-state index is -2.40. The molecule has 0 spiro atoms. The molecule has 0 rings (SSSR count). The molecule has 0 aromatic rings. The van der Waals surface area contributed by atoms with E-state index in [9.17, 15) is 4.79 Å². The van der Waals surface area contributed by atoms with Gasteiger partial charge in [0.1, 0.15) is 0 Å². The Morgan fingerprint density at radius 1 is 1.31 bits per heavy atom. The molecule has 0 atom stereocenters. The Morgan fingerprint density at radius 3 is 1.94 bits per heavy atom. The number of carboxylic acids is 1. The zero-order valence-corrected chi connectivity index (χ0v) is 12.8. The van der Waals surface area contributed by atoms with Gasteiger partial charge in [-0.15, -0.1) is 11.1 Å². The Labute approximate surface area is 104 Å². The van der Waals surface area contributed by atoms with E-state index >= 15 is 0 Å². The molecule has 0 bridgehead atoms. The quantitative estimate of drug-likeness (QED) is 0.588. The first kappa shape index (κ1) is 15.9. The number of carbonyl (C=O) groups is 1. The predicted octanol–water partition coefficient (Wildman–Crippen LogP) is 3.76. The van der Waals surface area contributed by atoms with E-state index in [1.54, 1.807) is 13.8 Å². The summed E-state index contributed by atoms with van der Waals surface area (Å²) in [5.74, 6) is -0.856. The van der Waals surface area contributed by atoms with Crippen molar-refractivity contribution in [2.24, 2.45) is 0 Å². The van der Waals surface area contributed by atoms with Gasteiger partial charge >= 0.3 is 5.97 Å². The molecule has 0 aromatic heterocycles. The van der Waals surface area contributed by atoms with E-state index in [1.165, 1.54) is 0 Å². The average molecular weight is 267 g/mol. The maximum Gasteiger partial charge on any atom is 0.306 e. The largest absolute Gasteiger partial charge is 0.481 e. The lowest BCUT2D eigenvalue weighted by Crippen LogP contribution is -2.47. The van der Waals surface area contributed by atoms with E-state index in [-0.39, 0.29) is 17.5 Å². The van der Waals surface area contributed by atoms with Gasteiger partial charge in [0, 0.05) is 0 Å². The summed E-state index contributed by atoms with van der Waals surface area (Å²) in [4.78, 5) is 10.7. The fraction of sp³-hybridized carbons (Fsp3) is 0.909. The van der Waals surface area contributed by atoms with E-state index < -0.39 is 19.2 Å². The van der Waals surface area contributed by atoms with Gasteiger partial charge in [-0.3, -0.25) is 4.79 Å². The molecule has 0 aliphatic carbocycles. The van der Waals surface area contributed by atoms with Crippen LogP contribution in [0, 0.1) is 0 Å². The van der Waals surface area contributed by atoms with Gasteiger partial charge in [-0.05, 0) is 24.9 Å². The van der Waals surface area contributed by atoms with Crippen LogP contribution < -0.4 is 0 Å². The lowest BCUT2D eigenvalue weighted by atomic mass is 10.1. The Bertz CT molecular complexity index is 244. The predicted molar refractivity (Wildman–Crippen MR) is 69.2 cm³/mol. The fourth-order valence-corrected chi connectivity index (χ4v) is 5.08. The Hall–Kier alpha value is -0.0631. The second-order valence-electron chi connectivity index (χ2n) is 5.44. The van der Waals surface area contributed by atoms with Gasteiger partial charge < -0.3 is 9.53 Å². The highest BCUT2D eigenvalue weighted by atomic mass is 35.6. The molecule has 0 heterocycles. The molecule has 0 saturated heterocycles. The summed E-state index contributed by atoms with van der Waals surface area (Å²) in [6, 6.07) is 0. The maximum atomic E-state index is 10.7. The van der Waals surface area contributed by atoms with Crippen LogP contribution in [-0.4, -0.2) is 24.3 Å². The third-order valence-corrected chi connectivity index (χ3v) is 9.45. The Balaban J connectivity index is 4.82. The van der Waals surface area contributed by atoms with Crippen LogP contribution in [0.4, 0.5) is 0 Å². The SMILES string of the molecule is CC(C)[Si](Cl)(OC(C)(C)CC(=O)O)C(C)C. The number of carboxylic acid groups (broad SMARTS) is 1. The van der Waals surface area contributed by atoms with Crippen molar-refractivity contribution in [3.05, 3.63) is 0 Å². The number of aliphatic carboxylic acids is 1. The second kappa shape index (κ2) is 5.51. The van der Waals surface area contributed by atoms with Gasteiger partial charge in [-0.2, -0.15) is 0 Å². The third kappa shape index (κ3) is 4.43. The van der Waals surface area contributed by atoms with E-state index in [1.807, 2.05) is 27.7 Å². The van der Waals surface area contributed by atoms with Crippen molar-refractivity contribution in [1.82, 2.24) is 0 Å². The second-order valence-corrected chi connectivity index (χ2v) is 11.1. The number of halogens is 1. The first-order chi connectivity index (χ1) is 7.01. The lowest BCUT2D eigenvalue weighted by Gasteiger charge is -2.39. The van der Waals surface area contributed by atoms with Crippen molar-refractivity contribution in [2.75, 3.05) is 0 Å². The topological polar surface area (TPSA) is 46.5 Å². The van der Waals surface area contributed by atoms with Gasteiger partial charge in [0.15, 0.2) is 0 Å². The van der Waals surface area contributed by atoms with Gasteiger partial charge in [0.05, 0.1) is 12.0 Å². The maximum absolute atomic E-state index is 10.7. The van der Waals surface area contributed by atoms with Gasteiger partial charge in [-0.25, -0.2) is 0 Å². The van der Waals surface area contributed by atoms with Crippen molar-refractivity contribution in [3.8, 4) is 0 Å². The molecule has 0 aliphatic heterocycles. The molecule has 0 radical (unpaired) electrons. The number of hydrogen-bond acceptors (Lipinski definition) is 2. The number of hydrogen-bond donors (Lipinski definition) is 1. The van der Waals surface area contributed by atoms with Crippen molar-refractivity contribution < 1.29 is 14.3 Å². The van der Waals surface area contributed by atoms with Crippen molar-refractivity contribution in [1.29, 1.82) is 0 Å². The van der Waals surface area contributed by atoms with Gasteiger partial charge in [-0.1, -0.05) is 27.7 Å². The van der Waals surface area contributed by atoms with E-state index in [0.29, 0.717) is 0 Å². The summed E-state index contributed by atoms with van der Waals surface area (Å²) in [5.41, 5.74) is -0.196.